The molecule has 0 unspecified atom stereocenters. The van der Waals surface area contributed by atoms with E-state index in [-0.39, 0.29) is 44.5 Å². The Morgan fingerprint density at radius 1 is 1.12 bits per heavy atom. The maximum absolute atomic E-state index is 14.0. The van der Waals surface area contributed by atoms with Crippen LogP contribution in [-0.2, 0) is 25.1 Å². The minimum absolute atomic E-state index is 0.0562. The summed E-state index contributed by atoms with van der Waals surface area (Å²) < 4.78 is 28.1. The van der Waals surface area contributed by atoms with Crippen LogP contribution in [0.5, 0.6) is 0 Å². The summed E-state index contributed by atoms with van der Waals surface area (Å²) in [6.45, 7) is 1.05. The van der Waals surface area contributed by atoms with Crippen LogP contribution < -0.4 is 15.8 Å². The normalized spacial score (nSPS) is 14.7. The molecule has 1 fully saturated rings. The largest absolute Gasteiger partial charge is 0.392 e. The van der Waals surface area contributed by atoms with E-state index in [1.165, 1.54) is 17.0 Å². The number of H-pyrrole nitrogens is 1. The maximum Gasteiger partial charge on any atom is 0.362 e. The molecule has 0 atom stereocenters. The first-order chi connectivity index (χ1) is 20.0. The molecule has 0 spiro atoms. The number of carbonyl (C=O) groups is 2. The number of amides is 3. The zero-order valence-corrected chi connectivity index (χ0v) is 25.6. The summed E-state index contributed by atoms with van der Waals surface area (Å²) in [5.74, 6) is -0.702. The summed E-state index contributed by atoms with van der Waals surface area (Å²) in [5.41, 5.74) is 0.268. The fraction of sp³-hybridized carbons (Fsp3) is 0.269. The third-order valence-corrected chi connectivity index (χ3v) is 8.96. The Morgan fingerprint density at radius 2 is 1.83 bits per heavy atom. The molecule has 8 nitrogen and oxygen atoms in total. The van der Waals surface area contributed by atoms with E-state index in [0.29, 0.717) is 24.3 Å². The summed E-state index contributed by atoms with van der Waals surface area (Å²) in [5, 5.41) is 8.66. The lowest BCUT2D eigenvalue weighted by Crippen LogP contribution is -2.46. The van der Waals surface area contributed by atoms with Crippen molar-refractivity contribution in [3.63, 3.8) is 0 Å². The van der Waals surface area contributed by atoms with Gasteiger partial charge in [-0.3, -0.25) is 14.5 Å². The highest BCUT2D eigenvalue weighted by Crippen LogP contribution is 2.43. The van der Waals surface area contributed by atoms with E-state index in [1.54, 1.807) is 11.0 Å². The first-order valence-corrected chi connectivity index (χ1v) is 14.8. The van der Waals surface area contributed by atoms with Gasteiger partial charge in [0.1, 0.15) is 11.3 Å². The predicted molar refractivity (Wildman–Crippen MR) is 163 cm³/mol. The van der Waals surface area contributed by atoms with Crippen LogP contribution in [0.4, 0.5) is 19.3 Å². The maximum atomic E-state index is 14.0. The Bertz CT molecular complexity index is 1590. The van der Waals surface area contributed by atoms with Crippen molar-refractivity contribution >= 4 is 83.8 Å². The van der Waals surface area contributed by atoms with E-state index in [9.17, 15) is 28.3 Å². The number of carbonyl (C=O) groups excluding carboxylic acids is 2. The number of urea groups is 1. The highest BCUT2D eigenvalue weighted by molar-refractivity contribution is 8.03. The molecule has 3 amide bonds. The number of hydrogen-bond donors (Lipinski definition) is 4. The van der Waals surface area contributed by atoms with E-state index in [2.05, 4.69) is 24.9 Å². The monoisotopic (exact) mass is 672 g/mol. The highest BCUT2D eigenvalue weighted by Gasteiger charge is 2.34. The molecule has 0 bridgehead atoms. The average molecular weight is 674 g/mol. The molecule has 0 aliphatic carbocycles. The van der Waals surface area contributed by atoms with E-state index < -0.39 is 29.1 Å². The van der Waals surface area contributed by atoms with Gasteiger partial charge < -0.3 is 20.3 Å². The molecule has 1 aromatic heterocycles. The lowest BCUT2D eigenvalue weighted by atomic mass is 10.1. The summed E-state index contributed by atoms with van der Waals surface area (Å²) in [7, 11) is 4.19. The van der Waals surface area contributed by atoms with Gasteiger partial charge in [0.15, 0.2) is 7.12 Å². The third kappa shape index (κ3) is 6.71. The number of rotatable bonds is 6. The van der Waals surface area contributed by atoms with Crippen LogP contribution >= 0.6 is 59.0 Å². The number of alkyl halides is 3. The van der Waals surface area contributed by atoms with E-state index >= 15 is 0 Å². The molecule has 2 aromatic carbocycles. The smallest absolute Gasteiger partial charge is 0.362 e. The Kier molecular flexibility index (Phi) is 10.4. The molecule has 3 heterocycles. The Hall–Kier alpha value is -2.42. The number of aliphatic hydroxyl groups is 1. The predicted octanol–water partition coefficient (Wildman–Crippen LogP) is 5.69. The number of aromatic amines is 1. The fourth-order valence-corrected chi connectivity index (χ4v) is 6.43. The molecule has 42 heavy (non-hydrogen) atoms. The van der Waals surface area contributed by atoms with Gasteiger partial charge in [-0.1, -0.05) is 47.1 Å². The van der Waals surface area contributed by atoms with Crippen molar-refractivity contribution in [1.29, 1.82) is 0 Å². The van der Waals surface area contributed by atoms with Gasteiger partial charge in [0.2, 0.25) is 0 Å². The van der Waals surface area contributed by atoms with Crippen molar-refractivity contribution in [2.45, 2.75) is 41.3 Å². The SMILES string of the molecule is O=C(c1c(Sc2c(Cl)ccc(CO)c2Cl)cc(C(F)(F)Cl)[nH]c1=O)N1Cc2ccc(N3CCCNC3=O)cc2C1.[B]S. The number of hydrogen-bond acceptors (Lipinski definition) is 6. The number of aromatic nitrogens is 1. The molecule has 3 N–H and O–H groups in total. The van der Waals surface area contributed by atoms with Crippen LogP contribution in [0.15, 0.2) is 51.0 Å². The van der Waals surface area contributed by atoms with Crippen LogP contribution in [-0.4, -0.2) is 47.1 Å². The van der Waals surface area contributed by atoms with Crippen molar-refractivity contribution in [3.8, 4) is 0 Å². The van der Waals surface area contributed by atoms with Crippen LogP contribution in [0.2, 0.25) is 10.0 Å². The van der Waals surface area contributed by atoms with E-state index in [4.69, 9.17) is 34.8 Å². The average Bonchev–Trinajstić information content (AvgIpc) is 3.39. The third-order valence-electron chi connectivity index (χ3n) is 6.62. The molecule has 5 rings (SSSR count). The first kappa shape index (κ1) is 32.5. The summed E-state index contributed by atoms with van der Waals surface area (Å²) in [6.07, 6.45) is 0.795. The number of nitrogens with zero attached hydrogens (tertiary/aromatic N) is 2. The minimum atomic E-state index is -3.92. The second-order valence-electron chi connectivity index (χ2n) is 9.21. The molecule has 16 heteroatoms. The molecule has 2 radical (unpaired) electrons. The van der Waals surface area contributed by atoms with E-state index in [0.717, 1.165) is 35.4 Å². The molecule has 1 saturated heterocycles. The van der Waals surface area contributed by atoms with Crippen molar-refractivity contribution < 1.29 is 23.5 Å². The fourth-order valence-electron chi connectivity index (χ4n) is 4.60. The van der Waals surface area contributed by atoms with Gasteiger partial charge in [0, 0.05) is 41.7 Å². The lowest BCUT2D eigenvalue weighted by Gasteiger charge is -2.27. The van der Waals surface area contributed by atoms with Crippen LogP contribution in [0, 0.1) is 0 Å². The van der Waals surface area contributed by atoms with Crippen LogP contribution in [0.1, 0.15) is 39.2 Å². The van der Waals surface area contributed by atoms with Gasteiger partial charge in [-0.2, -0.15) is 8.78 Å². The molecular formula is C26H22BCl3F2N4O4S2. The van der Waals surface area contributed by atoms with Crippen LogP contribution in [0.3, 0.4) is 0 Å². The number of thiol groups is 1. The van der Waals surface area contributed by atoms with Gasteiger partial charge in [-0.25, -0.2) is 17.3 Å². The highest BCUT2D eigenvalue weighted by atomic mass is 35.5. The topological polar surface area (TPSA) is 106 Å². The number of fused-ring (bicyclic) bond motifs is 1. The van der Waals surface area contributed by atoms with Crippen molar-refractivity contribution in [2.75, 3.05) is 18.0 Å². The molecule has 220 valence electrons. The zero-order valence-electron chi connectivity index (χ0n) is 21.6. The zero-order chi connectivity index (χ0) is 30.8. The summed E-state index contributed by atoms with van der Waals surface area (Å²) in [4.78, 5) is 44.2. The van der Waals surface area contributed by atoms with Gasteiger partial charge >= 0.3 is 11.4 Å². The van der Waals surface area contributed by atoms with Crippen molar-refractivity contribution in [3.05, 3.63) is 84.7 Å². The standard InChI is InChI=1S/C26H21Cl3F2N4O4S.BHS/c27-17-5-3-14(12-36)21(28)22(17)40-18-9-19(26(29,30)31)33-23(37)20(18)24(38)34-10-13-2-4-16(8-15(13)11-34)35-7-1-6-32-25(35)39;1-2/h2-5,8-9,36H,1,6-7,10-12H2,(H,32,39)(H,33,37);2H. The number of benzene rings is 2. The van der Waals surface area contributed by atoms with Crippen molar-refractivity contribution in [1.82, 2.24) is 15.2 Å². The summed E-state index contributed by atoms with van der Waals surface area (Å²) in [6, 6.07) is 9.11. The first-order valence-electron chi connectivity index (χ1n) is 12.3. The van der Waals surface area contributed by atoms with Crippen LogP contribution in [0.25, 0.3) is 0 Å². The Morgan fingerprint density at radius 3 is 2.50 bits per heavy atom. The van der Waals surface area contributed by atoms with Gasteiger partial charge in [0.25, 0.3) is 11.5 Å². The second-order valence-corrected chi connectivity index (χ2v) is 11.5. The number of anilines is 1. The number of halogens is 5. The van der Waals surface area contributed by atoms with Gasteiger partial charge in [-0.05, 0) is 59.0 Å². The lowest BCUT2D eigenvalue weighted by molar-refractivity contribution is 0.0740. The number of pyridine rings is 1. The molecule has 2 aliphatic heterocycles. The van der Waals surface area contributed by atoms with Gasteiger partial charge in [-0.15, -0.1) is 0 Å². The van der Waals surface area contributed by atoms with E-state index in [1.807, 2.05) is 17.1 Å². The minimum Gasteiger partial charge on any atom is -0.392 e. The van der Waals surface area contributed by atoms with Crippen molar-refractivity contribution in [2.24, 2.45) is 0 Å². The quantitative estimate of drug-likeness (QED) is 0.153. The second kappa shape index (κ2) is 13.5. The number of nitrogens with one attached hydrogen (secondary N) is 2. The summed E-state index contributed by atoms with van der Waals surface area (Å²) >= 11 is 21.7. The van der Waals surface area contributed by atoms with Gasteiger partial charge in [0.05, 0.1) is 16.7 Å². The number of aliphatic hydroxyl groups excluding tert-OH is 1. The Balaban J connectivity index is 0.00000198. The molecule has 0 saturated carbocycles. The Labute approximate surface area is 265 Å². The molecular weight excluding hydrogens is 652 g/mol. The molecule has 2 aliphatic rings. The molecule has 3 aromatic rings.